The van der Waals surface area contributed by atoms with Gasteiger partial charge in [-0.25, -0.2) is 22.9 Å². The van der Waals surface area contributed by atoms with Crippen LogP contribution in [-0.4, -0.2) is 24.1 Å². The second-order valence-electron chi connectivity index (χ2n) is 8.34. The monoisotopic (exact) mass is 529 g/mol. The number of benzene rings is 2. The van der Waals surface area contributed by atoms with Crippen molar-refractivity contribution >= 4 is 39.1 Å². The summed E-state index contributed by atoms with van der Waals surface area (Å²) in [6, 6.07) is 17.7. The van der Waals surface area contributed by atoms with E-state index in [4.69, 9.17) is 16.3 Å². The molecular formula is C25H24ClN3O4S2. The number of thiophene rings is 1. The Labute approximate surface area is 213 Å². The van der Waals surface area contributed by atoms with Crippen LogP contribution in [0.4, 0.5) is 4.79 Å². The van der Waals surface area contributed by atoms with Crippen molar-refractivity contribution < 1.29 is 17.9 Å². The predicted octanol–water partition coefficient (Wildman–Crippen LogP) is 5.99. The summed E-state index contributed by atoms with van der Waals surface area (Å²) in [5, 5.41) is 0.395. The zero-order valence-electron chi connectivity index (χ0n) is 19.1. The van der Waals surface area contributed by atoms with E-state index in [1.807, 2.05) is 35.1 Å². The zero-order valence-corrected chi connectivity index (χ0v) is 21.5. The van der Waals surface area contributed by atoms with Gasteiger partial charge in [-0.1, -0.05) is 56.3 Å². The summed E-state index contributed by atoms with van der Waals surface area (Å²) < 4.78 is 35.5. The van der Waals surface area contributed by atoms with Gasteiger partial charge in [0, 0.05) is 29.4 Å². The van der Waals surface area contributed by atoms with Crippen molar-refractivity contribution in [1.29, 1.82) is 0 Å². The molecule has 10 heteroatoms. The smallest absolute Gasteiger partial charge is 0.410 e. The van der Waals surface area contributed by atoms with E-state index < -0.39 is 16.1 Å². The average molecular weight is 530 g/mol. The number of carbonyl (C=O) groups excluding carboxylic acids is 1. The number of aromatic nitrogens is 2. The Kier molecular flexibility index (Phi) is 7.59. The zero-order chi connectivity index (χ0) is 25.0. The molecule has 0 aliphatic heterocycles. The second kappa shape index (κ2) is 10.6. The van der Waals surface area contributed by atoms with Crippen LogP contribution >= 0.6 is 22.9 Å². The van der Waals surface area contributed by atoms with Crippen molar-refractivity contribution in [2.45, 2.75) is 31.0 Å². The van der Waals surface area contributed by atoms with E-state index in [-0.39, 0.29) is 9.96 Å². The lowest BCUT2D eigenvalue weighted by atomic mass is 10.0. The van der Waals surface area contributed by atoms with Gasteiger partial charge < -0.3 is 9.30 Å². The number of sulfonamides is 1. The quantitative estimate of drug-likeness (QED) is 0.303. The molecule has 4 rings (SSSR count). The van der Waals surface area contributed by atoms with Crippen molar-refractivity contribution in [2.24, 2.45) is 5.92 Å². The summed E-state index contributed by atoms with van der Waals surface area (Å²) in [4.78, 5) is 17.3. The van der Waals surface area contributed by atoms with E-state index in [2.05, 4.69) is 18.8 Å². The van der Waals surface area contributed by atoms with Gasteiger partial charge in [-0.15, -0.1) is 11.3 Å². The molecular weight excluding hydrogens is 506 g/mol. The number of halogens is 1. The molecule has 0 spiro atoms. The Hall–Kier alpha value is -3.14. The number of nitrogens with zero attached hydrogens (tertiary/aromatic N) is 2. The maximum Gasteiger partial charge on any atom is 0.426 e. The molecule has 2 aromatic carbocycles. The van der Waals surface area contributed by atoms with Crippen LogP contribution < -0.4 is 9.46 Å². The van der Waals surface area contributed by atoms with Crippen molar-refractivity contribution in [1.82, 2.24) is 14.3 Å². The molecule has 0 unspecified atom stereocenters. The third kappa shape index (κ3) is 6.30. The van der Waals surface area contributed by atoms with E-state index in [1.54, 1.807) is 47.3 Å². The molecule has 0 saturated heterocycles. The molecule has 182 valence electrons. The summed E-state index contributed by atoms with van der Waals surface area (Å²) in [6.07, 6.45) is 3.08. The lowest BCUT2D eigenvalue weighted by Crippen LogP contribution is -2.32. The van der Waals surface area contributed by atoms with Crippen LogP contribution in [-0.2, 0) is 23.0 Å². The van der Waals surface area contributed by atoms with Gasteiger partial charge in [0.15, 0.2) is 0 Å². The molecule has 0 atom stereocenters. The van der Waals surface area contributed by atoms with Gasteiger partial charge in [-0.2, -0.15) is 0 Å². The number of imidazole rings is 1. The summed E-state index contributed by atoms with van der Waals surface area (Å²) in [5.74, 6) is 0.594. The Morgan fingerprint density at radius 2 is 1.86 bits per heavy atom. The van der Waals surface area contributed by atoms with Crippen LogP contribution in [0.1, 0.15) is 24.3 Å². The number of nitrogens with one attached hydrogen (secondary N) is 1. The van der Waals surface area contributed by atoms with Crippen molar-refractivity contribution in [3.63, 3.8) is 0 Å². The standard InChI is InChI=1S/C25H24ClN3O4S2/c1-17(2)14-21-15-22(19-10-8-18(9-11-19)16-29-13-12-27-24(29)26)23(34-21)35(31,32)28-25(30)33-20-6-4-3-5-7-20/h3-13,15,17H,14,16H2,1-2H3,(H,28,30). The number of amides is 1. The van der Waals surface area contributed by atoms with E-state index in [1.165, 1.54) is 0 Å². The normalized spacial score (nSPS) is 11.5. The van der Waals surface area contributed by atoms with Gasteiger partial charge in [0.25, 0.3) is 10.0 Å². The first-order valence-electron chi connectivity index (χ1n) is 10.9. The molecule has 0 fully saturated rings. The molecule has 1 amide bonds. The summed E-state index contributed by atoms with van der Waals surface area (Å²) in [6.45, 7) is 4.68. The van der Waals surface area contributed by atoms with Gasteiger partial charge in [0.05, 0.1) is 0 Å². The van der Waals surface area contributed by atoms with E-state index in [9.17, 15) is 13.2 Å². The predicted molar refractivity (Wildman–Crippen MR) is 137 cm³/mol. The molecule has 7 nitrogen and oxygen atoms in total. The Balaban J connectivity index is 1.61. The third-order valence-corrected chi connectivity index (χ3v) is 8.37. The number of rotatable bonds is 8. The first-order chi connectivity index (χ1) is 16.7. The summed E-state index contributed by atoms with van der Waals surface area (Å²) >= 11 is 7.23. The molecule has 0 radical (unpaired) electrons. The average Bonchev–Trinajstić information content (AvgIpc) is 3.41. The first-order valence-corrected chi connectivity index (χ1v) is 13.6. The van der Waals surface area contributed by atoms with Crippen molar-refractivity contribution in [2.75, 3.05) is 0 Å². The minimum atomic E-state index is -4.17. The number of ether oxygens (including phenoxy) is 1. The van der Waals surface area contributed by atoms with Gasteiger partial charge >= 0.3 is 6.09 Å². The molecule has 2 heterocycles. The van der Waals surface area contributed by atoms with Gasteiger partial charge in [0.1, 0.15) is 9.96 Å². The molecule has 35 heavy (non-hydrogen) atoms. The molecule has 1 N–H and O–H groups in total. The van der Waals surface area contributed by atoms with Crippen LogP contribution in [0.5, 0.6) is 5.75 Å². The highest BCUT2D eigenvalue weighted by Crippen LogP contribution is 2.36. The maximum atomic E-state index is 13.2. The van der Waals surface area contributed by atoms with Crippen LogP contribution in [0.25, 0.3) is 11.1 Å². The number of carbonyl (C=O) groups is 1. The Morgan fingerprint density at radius 3 is 2.49 bits per heavy atom. The topological polar surface area (TPSA) is 90.3 Å². The van der Waals surface area contributed by atoms with Crippen LogP contribution in [0.15, 0.2) is 77.3 Å². The van der Waals surface area contributed by atoms with Crippen LogP contribution in [0.3, 0.4) is 0 Å². The fourth-order valence-electron chi connectivity index (χ4n) is 3.51. The fraction of sp³-hybridized carbons (Fsp3) is 0.200. The van der Waals surface area contributed by atoms with E-state index in [0.29, 0.717) is 23.3 Å². The third-order valence-electron chi connectivity index (χ3n) is 5.06. The van der Waals surface area contributed by atoms with E-state index >= 15 is 0 Å². The Morgan fingerprint density at radius 1 is 1.14 bits per heavy atom. The lowest BCUT2D eigenvalue weighted by molar-refractivity contribution is 0.207. The molecule has 0 bridgehead atoms. The maximum absolute atomic E-state index is 13.2. The van der Waals surface area contributed by atoms with Gasteiger partial charge in [-0.05, 0) is 53.3 Å². The Bertz CT molecular complexity index is 1410. The summed E-state index contributed by atoms with van der Waals surface area (Å²) in [5.41, 5.74) is 2.26. The van der Waals surface area contributed by atoms with Crippen molar-refractivity contribution in [3.05, 3.63) is 88.8 Å². The molecule has 2 aromatic heterocycles. The van der Waals surface area contributed by atoms with E-state index in [0.717, 1.165) is 33.8 Å². The molecule has 4 aromatic rings. The molecule has 0 saturated carbocycles. The molecule has 0 aliphatic rings. The first kappa shape index (κ1) is 25.0. The SMILES string of the molecule is CC(C)Cc1cc(-c2ccc(Cn3ccnc3Cl)cc2)c(S(=O)(=O)NC(=O)Oc2ccccc2)s1. The summed E-state index contributed by atoms with van der Waals surface area (Å²) in [7, 11) is -4.17. The minimum Gasteiger partial charge on any atom is -0.410 e. The highest BCUT2D eigenvalue weighted by molar-refractivity contribution is 7.92. The molecule has 0 aliphatic carbocycles. The largest absolute Gasteiger partial charge is 0.426 e. The fourth-order valence-corrected chi connectivity index (χ4v) is 6.51. The van der Waals surface area contributed by atoms with Gasteiger partial charge in [-0.3, -0.25) is 0 Å². The number of hydrogen-bond acceptors (Lipinski definition) is 6. The minimum absolute atomic E-state index is 0.0727. The van der Waals surface area contributed by atoms with Crippen molar-refractivity contribution in [3.8, 4) is 16.9 Å². The van der Waals surface area contributed by atoms with Crippen LogP contribution in [0, 0.1) is 5.92 Å². The lowest BCUT2D eigenvalue weighted by Gasteiger charge is -2.09. The number of hydrogen-bond donors (Lipinski definition) is 1. The van der Waals surface area contributed by atoms with Gasteiger partial charge in [0.2, 0.25) is 5.28 Å². The second-order valence-corrected chi connectivity index (χ2v) is 11.7. The number of para-hydroxylation sites is 1. The van der Waals surface area contributed by atoms with Crippen LogP contribution in [0.2, 0.25) is 5.28 Å². The highest BCUT2D eigenvalue weighted by atomic mass is 35.5. The highest BCUT2D eigenvalue weighted by Gasteiger charge is 2.26.